The highest BCUT2D eigenvalue weighted by Gasteiger charge is 2.40. The molecule has 150 valence electrons. The number of nitrogens with one attached hydrogen (secondary N) is 2. The molecule has 1 aromatic rings. The molecule has 9 nitrogen and oxygen atoms in total. The van der Waals surface area contributed by atoms with Gasteiger partial charge in [0.2, 0.25) is 17.8 Å². The first-order valence-electron chi connectivity index (χ1n) is 9.48. The fourth-order valence-electron chi connectivity index (χ4n) is 2.45. The summed E-state index contributed by atoms with van der Waals surface area (Å²) < 4.78 is 17.6. The van der Waals surface area contributed by atoms with E-state index < -0.39 is 8.80 Å². The lowest BCUT2D eigenvalue weighted by Crippen LogP contribution is -2.52. The molecule has 1 rings (SSSR count). The lowest BCUT2D eigenvalue weighted by atomic mass is 10.5. The summed E-state index contributed by atoms with van der Waals surface area (Å²) in [5.41, 5.74) is 0. The summed E-state index contributed by atoms with van der Waals surface area (Å²) in [5, 5.41) is 6.39. The van der Waals surface area contributed by atoms with Crippen molar-refractivity contribution in [2.75, 3.05) is 61.2 Å². The van der Waals surface area contributed by atoms with Crippen LogP contribution in [-0.2, 0) is 13.3 Å². The molecule has 0 saturated carbocycles. The molecule has 0 aliphatic carbocycles. The molecule has 0 aliphatic rings. The Morgan fingerprint density at radius 1 is 0.769 bits per heavy atom. The van der Waals surface area contributed by atoms with Gasteiger partial charge in [-0.3, -0.25) is 0 Å². The summed E-state index contributed by atoms with van der Waals surface area (Å²) in [6.07, 6.45) is 0.399. The minimum Gasteiger partial charge on any atom is -0.373 e. The first-order chi connectivity index (χ1) is 12.6. The van der Waals surface area contributed by atoms with Gasteiger partial charge in [0.1, 0.15) is 0 Å². The van der Waals surface area contributed by atoms with E-state index in [1.165, 1.54) is 0 Å². The van der Waals surface area contributed by atoms with Gasteiger partial charge in [-0.15, -0.1) is 0 Å². The summed E-state index contributed by atoms with van der Waals surface area (Å²) in [6.45, 7) is 15.9. The summed E-state index contributed by atoms with van der Waals surface area (Å²) in [7, 11) is -2.82. The maximum absolute atomic E-state index is 5.86. The number of nitrogens with zero attached hydrogens (tertiary/aromatic N) is 4. The van der Waals surface area contributed by atoms with E-state index in [1.807, 2.05) is 27.7 Å². The van der Waals surface area contributed by atoms with E-state index in [0.29, 0.717) is 43.8 Å². The predicted octanol–water partition coefficient (Wildman–Crippen LogP) is 2.15. The number of anilines is 3. The zero-order valence-electron chi connectivity index (χ0n) is 17.0. The highest BCUT2D eigenvalue weighted by Crippen LogP contribution is 2.16. The van der Waals surface area contributed by atoms with Gasteiger partial charge in [-0.05, 0) is 41.5 Å². The van der Waals surface area contributed by atoms with Crippen molar-refractivity contribution in [3.63, 3.8) is 0 Å². The van der Waals surface area contributed by atoms with E-state index in [9.17, 15) is 0 Å². The van der Waals surface area contributed by atoms with Crippen molar-refractivity contribution in [2.24, 2.45) is 0 Å². The van der Waals surface area contributed by atoms with Crippen LogP contribution in [0.4, 0.5) is 17.8 Å². The standard InChI is InChI=1S/C16H34N6O3Si/c1-7-17-14-19-15(21-16(20-14)22(8-2)9-3)18-13-26(23-10-4,24-11-5)25-12-6/h7-13H2,1-6H3,(H2,17,18,19,20,21). The highest BCUT2D eigenvalue weighted by molar-refractivity contribution is 6.61. The molecule has 0 atom stereocenters. The lowest BCUT2D eigenvalue weighted by Gasteiger charge is -2.28. The summed E-state index contributed by atoms with van der Waals surface area (Å²) in [5.74, 6) is 1.66. The number of hydrogen-bond donors (Lipinski definition) is 2. The van der Waals surface area contributed by atoms with Crippen LogP contribution in [0.15, 0.2) is 0 Å². The monoisotopic (exact) mass is 386 g/mol. The molecule has 0 bridgehead atoms. The second-order valence-electron chi connectivity index (χ2n) is 5.32. The number of aromatic nitrogens is 3. The average Bonchev–Trinajstić information content (AvgIpc) is 2.62. The summed E-state index contributed by atoms with van der Waals surface area (Å²) in [4.78, 5) is 15.6. The Balaban J connectivity index is 3.04. The predicted molar refractivity (Wildman–Crippen MR) is 107 cm³/mol. The average molecular weight is 387 g/mol. The Kier molecular flexibility index (Phi) is 10.4. The largest absolute Gasteiger partial charge is 0.521 e. The zero-order chi connectivity index (χ0) is 19.4. The van der Waals surface area contributed by atoms with Crippen LogP contribution in [0.5, 0.6) is 0 Å². The SMILES string of the molecule is CCNc1nc(NC[Si](OCC)(OCC)OCC)nc(N(CC)CC)n1. The molecule has 0 amide bonds. The van der Waals surface area contributed by atoms with Crippen molar-refractivity contribution < 1.29 is 13.3 Å². The van der Waals surface area contributed by atoms with E-state index >= 15 is 0 Å². The zero-order valence-corrected chi connectivity index (χ0v) is 18.0. The molecular formula is C16H34N6O3Si. The topological polar surface area (TPSA) is 93.7 Å². The molecule has 1 heterocycles. The van der Waals surface area contributed by atoms with Gasteiger partial charge in [-0.1, -0.05) is 0 Å². The van der Waals surface area contributed by atoms with Crippen LogP contribution >= 0.6 is 0 Å². The van der Waals surface area contributed by atoms with Crippen molar-refractivity contribution in [3.8, 4) is 0 Å². The molecule has 2 N–H and O–H groups in total. The fourth-order valence-corrected chi connectivity index (χ4v) is 4.70. The van der Waals surface area contributed by atoms with E-state index in [4.69, 9.17) is 13.3 Å². The van der Waals surface area contributed by atoms with Gasteiger partial charge in [0.25, 0.3) is 0 Å². The number of rotatable bonds is 14. The maximum Gasteiger partial charge on any atom is 0.521 e. The van der Waals surface area contributed by atoms with Crippen LogP contribution in [0.1, 0.15) is 41.5 Å². The molecule has 0 aromatic carbocycles. The Labute approximate surface area is 158 Å². The second kappa shape index (κ2) is 12.0. The lowest BCUT2D eigenvalue weighted by molar-refractivity contribution is 0.0740. The Hall–Kier alpha value is -1.49. The second-order valence-corrected chi connectivity index (χ2v) is 7.91. The van der Waals surface area contributed by atoms with Crippen molar-refractivity contribution in [2.45, 2.75) is 41.5 Å². The van der Waals surface area contributed by atoms with Gasteiger partial charge in [0.15, 0.2) is 0 Å². The van der Waals surface area contributed by atoms with Crippen LogP contribution in [0.25, 0.3) is 0 Å². The van der Waals surface area contributed by atoms with Crippen molar-refractivity contribution in [1.29, 1.82) is 0 Å². The molecule has 26 heavy (non-hydrogen) atoms. The Bertz CT molecular complexity index is 502. The van der Waals surface area contributed by atoms with Gasteiger partial charge in [0, 0.05) is 39.5 Å². The third-order valence-corrected chi connectivity index (χ3v) is 6.36. The van der Waals surface area contributed by atoms with E-state index in [0.717, 1.165) is 19.6 Å². The normalized spacial score (nSPS) is 11.5. The maximum atomic E-state index is 5.86. The Morgan fingerprint density at radius 2 is 1.27 bits per heavy atom. The van der Waals surface area contributed by atoms with Crippen molar-refractivity contribution in [3.05, 3.63) is 0 Å². The minimum atomic E-state index is -2.82. The highest BCUT2D eigenvalue weighted by atomic mass is 28.4. The van der Waals surface area contributed by atoms with Crippen LogP contribution in [0, 0.1) is 0 Å². The number of hydrogen-bond acceptors (Lipinski definition) is 9. The van der Waals surface area contributed by atoms with Gasteiger partial charge in [-0.25, -0.2) is 0 Å². The first-order valence-corrected chi connectivity index (χ1v) is 11.4. The third-order valence-electron chi connectivity index (χ3n) is 3.56. The molecule has 0 saturated heterocycles. The van der Waals surface area contributed by atoms with E-state index in [2.05, 4.69) is 44.3 Å². The molecule has 1 aromatic heterocycles. The summed E-state index contributed by atoms with van der Waals surface area (Å²) >= 11 is 0. The summed E-state index contributed by atoms with van der Waals surface area (Å²) in [6, 6.07) is 0. The molecule has 0 unspecified atom stereocenters. The molecule has 0 radical (unpaired) electrons. The van der Waals surface area contributed by atoms with Crippen molar-refractivity contribution >= 4 is 26.6 Å². The van der Waals surface area contributed by atoms with Crippen molar-refractivity contribution in [1.82, 2.24) is 15.0 Å². The molecule has 0 spiro atoms. The molecule has 10 heteroatoms. The van der Waals surface area contributed by atoms with Gasteiger partial charge in [-0.2, -0.15) is 15.0 Å². The quantitative estimate of drug-likeness (QED) is 0.466. The van der Waals surface area contributed by atoms with Crippen LogP contribution in [0.3, 0.4) is 0 Å². The third kappa shape index (κ3) is 6.67. The van der Waals surface area contributed by atoms with E-state index in [1.54, 1.807) is 0 Å². The van der Waals surface area contributed by atoms with Gasteiger partial charge >= 0.3 is 8.80 Å². The molecule has 0 aliphatic heterocycles. The Morgan fingerprint density at radius 3 is 1.69 bits per heavy atom. The van der Waals surface area contributed by atoms with Gasteiger partial charge in [0.05, 0.1) is 6.17 Å². The van der Waals surface area contributed by atoms with Gasteiger partial charge < -0.3 is 28.8 Å². The molecule has 0 fully saturated rings. The van der Waals surface area contributed by atoms with E-state index in [-0.39, 0.29) is 0 Å². The molecular weight excluding hydrogens is 352 g/mol. The first kappa shape index (κ1) is 22.5. The van der Waals surface area contributed by atoms with Crippen LogP contribution < -0.4 is 15.5 Å². The fraction of sp³-hybridized carbons (Fsp3) is 0.812. The van der Waals surface area contributed by atoms with Crippen LogP contribution in [0.2, 0.25) is 0 Å². The minimum absolute atomic E-state index is 0.399. The smallest absolute Gasteiger partial charge is 0.373 e. The van der Waals surface area contributed by atoms with Crippen LogP contribution in [-0.4, -0.2) is 69.4 Å².